The molecule has 1 saturated heterocycles. The molecular formula is C13H17ClO3. The lowest BCUT2D eigenvalue weighted by Crippen LogP contribution is -2.60. The lowest BCUT2D eigenvalue weighted by Gasteiger charge is -2.49. The highest BCUT2D eigenvalue weighted by Crippen LogP contribution is 2.48. The second-order valence-electron chi connectivity index (χ2n) is 3.82. The summed E-state index contributed by atoms with van der Waals surface area (Å²) in [4.78, 5) is 0. The monoisotopic (exact) mass is 256 g/mol. The number of benzene rings is 1. The normalized spacial score (nSPS) is 26.5. The zero-order valence-electron chi connectivity index (χ0n) is 10.1. The zero-order valence-corrected chi connectivity index (χ0v) is 10.8. The van der Waals surface area contributed by atoms with Crippen LogP contribution in [0.4, 0.5) is 0 Å². The van der Waals surface area contributed by atoms with Gasteiger partial charge in [0.1, 0.15) is 11.5 Å². The molecule has 4 heteroatoms. The van der Waals surface area contributed by atoms with Crippen LogP contribution < -0.4 is 0 Å². The van der Waals surface area contributed by atoms with E-state index in [1.165, 1.54) is 0 Å². The molecule has 2 rings (SSSR count). The molecule has 2 atom stereocenters. The Labute approximate surface area is 107 Å². The second kappa shape index (κ2) is 5.36. The average Bonchev–Trinajstić information content (AvgIpc) is 2.37. The topological polar surface area (TPSA) is 27.7 Å². The minimum Gasteiger partial charge on any atom is -0.326 e. The molecule has 0 unspecified atom stereocenters. The summed E-state index contributed by atoms with van der Waals surface area (Å²) in [6.07, 6.45) is -0.170. The molecule has 0 aromatic heterocycles. The molecule has 1 aliphatic heterocycles. The summed E-state index contributed by atoms with van der Waals surface area (Å²) in [6, 6.07) is 9.86. The van der Waals surface area contributed by atoms with Crippen molar-refractivity contribution >= 4 is 11.6 Å². The molecule has 1 aliphatic rings. The maximum Gasteiger partial charge on any atom is 0.303 e. The molecule has 94 valence electrons. The molecule has 0 amide bonds. The van der Waals surface area contributed by atoms with Crippen molar-refractivity contribution in [3.8, 4) is 0 Å². The zero-order chi connectivity index (χ0) is 12.3. The van der Waals surface area contributed by atoms with Crippen molar-refractivity contribution in [3.63, 3.8) is 0 Å². The SMILES string of the molecule is CCOC1(OCC)O[C@@H](c2ccccc2)[C@@H]1Cl. The van der Waals surface area contributed by atoms with Crippen LogP contribution in [0.5, 0.6) is 0 Å². The number of rotatable bonds is 5. The van der Waals surface area contributed by atoms with Gasteiger partial charge in [-0.1, -0.05) is 30.3 Å². The van der Waals surface area contributed by atoms with E-state index in [0.29, 0.717) is 13.2 Å². The van der Waals surface area contributed by atoms with E-state index in [4.69, 9.17) is 25.8 Å². The number of halogens is 1. The van der Waals surface area contributed by atoms with Crippen molar-refractivity contribution in [1.29, 1.82) is 0 Å². The first-order valence-corrected chi connectivity index (χ1v) is 6.32. The van der Waals surface area contributed by atoms with E-state index in [2.05, 4.69) is 0 Å². The van der Waals surface area contributed by atoms with Crippen molar-refractivity contribution < 1.29 is 14.2 Å². The summed E-state index contributed by atoms with van der Waals surface area (Å²) >= 11 is 6.35. The maximum absolute atomic E-state index is 6.35. The number of hydrogen-bond donors (Lipinski definition) is 0. The van der Waals surface area contributed by atoms with Gasteiger partial charge >= 0.3 is 5.97 Å². The Morgan fingerprint density at radius 3 is 2.24 bits per heavy atom. The fourth-order valence-corrected chi connectivity index (χ4v) is 2.34. The smallest absolute Gasteiger partial charge is 0.303 e. The molecule has 1 aromatic carbocycles. The first-order valence-electron chi connectivity index (χ1n) is 5.88. The van der Waals surface area contributed by atoms with Crippen LogP contribution in [-0.2, 0) is 14.2 Å². The van der Waals surface area contributed by atoms with Gasteiger partial charge in [-0.3, -0.25) is 0 Å². The van der Waals surface area contributed by atoms with Gasteiger partial charge in [0, 0.05) is 13.2 Å². The highest BCUT2D eigenvalue weighted by atomic mass is 35.5. The Morgan fingerprint density at radius 1 is 1.18 bits per heavy atom. The predicted octanol–water partition coefficient (Wildman–Crippen LogP) is 3.09. The Morgan fingerprint density at radius 2 is 1.76 bits per heavy atom. The largest absolute Gasteiger partial charge is 0.326 e. The van der Waals surface area contributed by atoms with E-state index in [1.54, 1.807) is 0 Å². The summed E-state index contributed by atoms with van der Waals surface area (Å²) in [5.74, 6) is -1.08. The summed E-state index contributed by atoms with van der Waals surface area (Å²) in [5, 5.41) is -0.329. The average molecular weight is 257 g/mol. The standard InChI is InChI=1S/C13H17ClO3/c1-3-15-13(16-4-2)12(14)11(17-13)10-8-6-5-7-9-10/h5-9,11-12H,3-4H2,1-2H3/t11-,12-/m0/s1. The van der Waals surface area contributed by atoms with E-state index < -0.39 is 5.97 Å². The van der Waals surface area contributed by atoms with Crippen LogP contribution in [0.15, 0.2) is 30.3 Å². The van der Waals surface area contributed by atoms with Gasteiger partial charge in [-0.05, 0) is 19.4 Å². The summed E-state index contributed by atoms with van der Waals surface area (Å²) in [7, 11) is 0. The number of ether oxygens (including phenoxy) is 3. The summed E-state index contributed by atoms with van der Waals surface area (Å²) in [6.45, 7) is 4.79. The molecule has 1 heterocycles. The van der Waals surface area contributed by atoms with Crippen molar-refractivity contribution in [2.75, 3.05) is 13.2 Å². The highest BCUT2D eigenvalue weighted by molar-refractivity contribution is 6.22. The van der Waals surface area contributed by atoms with Crippen LogP contribution in [0.3, 0.4) is 0 Å². The lowest BCUT2D eigenvalue weighted by atomic mass is 10.00. The fourth-order valence-electron chi connectivity index (χ4n) is 1.97. The predicted molar refractivity (Wildman–Crippen MR) is 65.9 cm³/mol. The third-order valence-electron chi connectivity index (χ3n) is 2.71. The summed E-state index contributed by atoms with van der Waals surface area (Å²) in [5.41, 5.74) is 1.04. The molecule has 0 N–H and O–H groups in total. The van der Waals surface area contributed by atoms with Gasteiger partial charge in [0.15, 0.2) is 0 Å². The molecule has 17 heavy (non-hydrogen) atoms. The van der Waals surface area contributed by atoms with Gasteiger partial charge in [0.25, 0.3) is 0 Å². The molecule has 0 bridgehead atoms. The van der Waals surface area contributed by atoms with Gasteiger partial charge in [0.2, 0.25) is 0 Å². The third kappa shape index (κ3) is 2.33. The molecule has 1 fully saturated rings. The van der Waals surface area contributed by atoms with E-state index in [0.717, 1.165) is 5.56 Å². The molecule has 0 spiro atoms. The molecular weight excluding hydrogens is 240 g/mol. The van der Waals surface area contributed by atoms with Crippen molar-refractivity contribution in [2.24, 2.45) is 0 Å². The van der Waals surface area contributed by atoms with E-state index in [-0.39, 0.29) is 11.5 Å². The molecule has 0 radical (unpaired) electrons. The van der Waals surface area contributed by atoms with Crippen molar-refractivity contribution in [3.05, 3.63) is 35.9 Å². The van der Waals surface area contributed by atoms with E-state index in [1.807, 2.05) is 44.2 Å². The lowest BCUT2D eigenvalue weighted by molar-refractivity contribution is -0.456. The number of alkyl halides is 1. The molecule has 1 aromatic rings. The van der Waals surface area contributed by atoms with E-state index in [9.17, 15) is 0 Å². The van der Waals surface area contributed by atoms with Gasteiger partial charge in [-0.15, -0.1) is 11.6 Å². The minimum absolute atomic E-state index is 0.170. The van der Waals surface area contributed by atoms with Crippen LogP contribution in [0.25, 0.3) is 0 Å². The highest BCUT2D eigenvalue weighted by Gasteiger charge is 2.58. The van der Waals surface area contributed by atoms with Crippen LogP contribution in [0, 0.1) is 0 Å². The second-order valence-corrected chi connectivity index (χ2v) is 4.29. The Kier molecular flexibility index (Phi) is 4.05. The van der Waals surface area contributed by atoms with Gasteiger partial charge in [-0.25, -0.2) is 0 Å². The molecule has 0 aliphatic carbocycles. The first kappa shape index (κ1) is 12.8. The molecule has 0 saturated carbocycles. The Hall–Kier alpha value is -0.610. The van der Waals surface area contributed by atoms with E-state index >= 15 is 0 Å². The van der Waals surface area contributed by atoms with Crippen LogP contribution >= 0.6 is 11.6 Å². The van der Waals surface area contributed by atoms with Gasteiger partial charge < -0.3 is 14.2 Å². The van der Waals surface area contributed by atoms with Crippen molar-refractivity contribution in [1.82, 2.24) is 0 Å². The quantitative estimate of drug-likeness (QED) is 0.599. The van der Waals surface area contributed by atoms with Crippen LogP contribution in [-0.4, -0.2) is 24.6 Å². The fraction of sp³-hybridized carbons (Fsp3) is 0.538. The third-order valence-corrected chi connectivity index (χ3v) is 3.21. The maximum atomic E-state index is 6.35. The Balaban J connectivity index is 2.08. The van der Waals surface area contributed by atoms with Crippen molar-refractivity contribution in [2.45, 2.75) is 31.3 Å². The number of hydrogen-bond acceptors (Lipinski definition) is 3. The van der Waals surface area contributed by atoms with Gasteiger partial charge in [-0.2, -0.15) is 0 Å². The van der Waals surface area contributed by atoms with Crippen LogP contribution in [0.2, 0.25) is 0 Å². The summed E-state index contributed by atoms with van der Waals surface area (Å²) < 4.78 is 16.7. The van der Waals surface area contributed by atoms with Crippen LogP contribution in [0.1, 0.15) is 25.5 Å². The Bertz CT molecular complexity index is 349. The first-order chi connectivity index (χ1) is 8.23. The van der Waals surface area contributed by atoms with Gasteiger partial charge in [0.05, 0.1) is 0 Å². The molecule has 3 nitrogen and oxygen atoms in total. The minimum atomic E-state index is -1.08.